The van der Waals surface area contributed by atoms with E-state index in [1.165, 1.54) is 13.0 Å². The van der Waals surface area contributed by atoms with Crippen LogP contribution in [-0.4, -0.2) is 35.1 Å². The fourth-order valence-corrected chi connectivity index (χ4v) is 3.17. The standard InChI is InChI=1S/C8H6ClN.C8H9F.C8H15NO2/c1-6-2-3-7(5-10)8(9)4-6;1-2-7-5-3-4-6-8(7)9;1-6-3-4-9(5-6)8(11)7(2)10/h2-4H,1H3;3-6H,2H2,1H3;6-7,10H,3-5H2,1-2H3. The van der Waals surface area contributed by atoms with Crippen LogP contribution in [0.2, 0.25) is 5.02 Å². The van der Waals surface area contributed by atoms with E-state index in [-0.39, 0.29) is 11.7 Å². The van der Waals surface area contributed by atoms with Crippen LogP contribution < -0.4 is 0 Å². The molecule has 3 rings (SSSR count). The first-order valence-electron chi connectivity index (χ1n) is 10.1. The first-order chi connectivity index (χ1) is 14.2. The summed E-state index contributed by atoms with van der Waals surface area (Å²) in [5.41, 5.74) is 2.40. The van der Waals surface area contributed by atoms with Gasteiger partial charge in [0.15, 0.2) is 0 Å². The molecule has 1 saturated heterocycles. The number of nitrogens with zero attached hydrogens (tertiary/aromatic N) is 2. The quantitative estimate of drug-likeness (QED) is 0.714. The summed E-state index contributed by atoms with van der Waals surface area (Å²) in [7, 11) is 0. The van der Waals surface area contributed by atoms with E-state index in [1.54, 1.807) is 29.2 Å². The summed E-state index contributed by atoms with van der Waals surface area (Å²) < 4.78 is 12.6. The van der Waals surface area contributed by atoms with E-state index in [1.807, 2.05) is 32.0 Å². The van der Waals surface area contributed by atoms with Crippen molar-refractivity contribution in [1.82, 2.24) is 4.90 Å². The molecule has 1 amide bonds. The van der Waals surface area contributed by atoms with E-state index in [4.69, 9.17) is 22.0 Å². The lowest BCUT2D eigenvalue weighted by atomic mass is 10.2. The summed E-state index contributed by atoms with van der Waals surface area (Å²) in [5.74, 6) is 0.368. The third-order valence-electron chi connectivity index (χ3n) is 4.68. The van der Waals surface area contributed by atoms with Crippen LogP contribution in [0.4, 0.5) is 4.39 Å². The van der Waals surface area contributed by atoms with Crippen molar-refractivity contribution >= 4 is 17.5 Å². The molecule has 0 saturated carbocycles. The summed E-state index contributed by atoms with van der Waals surface area (Å²) in [6.45, 7) is 9.14. The monoisotopic (exact) mass is 432 g/mol. The summed E-state index contributed by atoms with van der Waals surface area (Å²) >= 11 is 5.71. The van der Waals surface area contributed by atoms with Crippen LogP contribution in [0.3, 0.4) is 0 Å². The van der Waals surface area contributed by atoms with Gasteiger partial charge in [0.2, 0.25) is 0 Å². The Kier molecular flexibility index (Phi) is 11.1. The molecule has 1 N–H and O–H groups in total. The Morgan fingerprint density at radius 1 is 1.37 bits per heavy atom. The van der Waals surface area contributed by atoms with Crippen LogP contribution >= 0.6 is 11.6 Å². The fraction of sp³-hybridized carbons (Fsp3) is 0.417. The van der Waals surface area contributed by atoms with Crippen LogP contribution in [0.15, 0.2) is 42.5 Å². The van der Waals surface area contributed by atoms with Crippen molar-refractivity contribution in [3.05, 3.63) is 70.0 Å². The minimum absolute atomic E-state index is 0.0972. The molecule has 2 unspecified atom stereocenters. The molecular formula is C24H30ClFN2O2. The number of aliphatic hydroxyl groups excluding tert-OH is 1. The maximum atomic E-state index is 12.6. The zero-order valence-electron chi connectivity index (χ0n) is 18.0. The zero-order chi connectivity index (χ0) is 22.7. The molecule has 0 aromatic heterocycles. The molecule has 6 heteroatoms. The fourth-order valence-electron chi connectivity index (χ4n) is 2.90. The second-order valence-corrected chi connectivity index (χ2v) is 7.80. The van der Waals surface area contributed by atoms with Crippen LogP contribution in [0.1, 0.15) is 43.9 Å². The topological polar surface area (TPSA) is 64.3 Å². The molecule has 0 aliphatic carbocycles. The lowest BCUT2D eigenvalue weighted by molar-refractivity contribution is -0.138. The number of nitriles is 1. The van der Waals surface area contributed by atoms with Gasteiger partial charge in [-0.2, -0.15) is 5.26 Å². The van der Waals surface area contributed by atoms with Gasteiger partial charge in [0.05, 0.1) is 10.6 Å². The number of hydrogen-bond donors (Lipinski definition) is 1. The first-order valence-corrected chi connectivity index (χ1v) is 10.4. The molecule has 0 radical (unpaired) electrons. The van der Waals surface area contributed by atoms with Gasteiger partial charge in [0.1, 0.15) is 18.0 Å². The third-order valence-corrected chi connectivity index (χ3v) is 4.99. The Morgan fingerprint density at radius 2 is 2.03 bits per heavy atom. The minimum Gasteiger partial charge on any atom is -0.384 e. The number of aryl methyl sites for hydroxylation is 2. The lowest BCUT2D eigenvalue weighted by Gasteiger charge is -2.17. The lowest BCUT2D eigenvalue weighted by Crippen LogP contribution is -2.35. The molecule has 1 aliphatic rings. The number of rotatable bonds is 2. The predicted octanol–water partition coefficient (Wildman–Crippen LogP) is 5.14. The van der Waals surface area contributed by atoms with Crippen molar-refractivity contribution in [3.8, 4) is 6.07 Å². The van der Waals surface area contributed by atoms with Gasteiger partial charge in [-0.1, -0.05) is 49.7 Å². The van der Waals surface area contributed by atoms with E-state index >= 15 is 0 Å². The van der Waals surface area contributed by atoms with Gasteiger partial charge in [0, 0.05) is 13.1 Å². The van der Waals surface area contributed by atoms with Crippen LogP contribution in [-0.2, 0) is 11.2 Å². The van der Waals surface area contributed by atoms with Crippen LogP contribution in [0.25, 0.3) is 0 Å². The highest BCUT2D eigenvalue weighted by Crippen LogP contribution is 2.16. The van der Waals surface area contributed by atoms with Crippen molar-refractivity contribution in [2.24, 2.45) is 5.92 Å². The molecule has 0 bridgehead atoms. The van der Waals surface area contributed by atoms with Gasteiger partial charge in [0.25, 0.3) is 5.91 Å². The number of carbonyl (C=O) groups is 1. The minimum atomic E-state index is -0.833. The molecular weight excluding hydrogens is 403 g/mol. The molecule has 30 heavy (non-hydrogen) atoms. The molecule has 2 aromatic rings. The van der Waals surface area contributed by atoms with Gasteiger partial charge < -0.3 is 10.0 Å². The number of hydrogen-bond acceptors (Lipinski definition) is 3. The van der Waals surface area contributed by atoms with Crippen molar-refractivity contribution in [2.45, 2.75) is 46.6 Å². The first kappa shape index (κ1) is 25.6. The van der Waals surface area contributed by atoms with Crippen LogP contribution in [0.5, 0.6) is 0 Å². The summed E-state index contributed by atoms with van der Waals surface area (Å²) in [6, 6.07) is 14.2. The van der Waals surface area contributed by atoms with E-state index in [0.29, 0.717) is 16.5 Å². The van der Waals surface area contributed by atoms with Gasteiger partial charge in [-0.3, -0.25) is 4.79 Å². The highest BCUT2D eigenvalue weighted by Gasteiger charge is 2.25. The molecule has 4 nitrogen and oxygen atoms in total. The average Bonchev–Trinajstić information content (AvgIpc) is 3.15. The normalized spacial score (nSPS) is 15.8. The zero-order valence-corrected chi connectivity index (χ0v) is 18.8. The Hall–Kier alpha value is -2.42. The van der Waals surface area contributed by atoms with Crippen molar-refractivity contribution < 1.29 is 14.3 Å². The van der Waals surface area contributed by atoms with E-state index in [9.17, 15) is 9.18 Å². The summed E-state index contributed by atoms with van der Waals surface area (Å²) in [4.78, 5) is 12.9. The predicted molar refractivity (Wildman–Crippen MR) is 119 cm³/mol. The van der Waals surface area contributed by atoms with Gasteiger partial charge in [-0.25, -0.2) is 4.39 Å². The van der Waals surface area contributed by atoms with Gasteiger partial charge >= 0.3 is 0 Å². The van der Waals surface area contributed by atoms with Crippen molar-refractivity contribution in [3.63, 3.8) is 0 Å². The average molecular weight is 433 g/mol. The molecule has 2 atom stereocenters. The Morgan fingerprint density at radius 3 is 2.47 bits per heavy atom. The number of aliphatic hydroxyl groups is 1. The van der Waals surface area contributed by atoms with Crippen molar-refractivity contribution in [2.75, 3.05) is 13.1 Å². The SMILES string of the molecule is CC1CCN(C(=O)C(C)O)C1.CCc1ccccc1F.Cc1ccc(C#N)c(Cl)c1. The van der Waals surface area contributed by atoms with E-state index < -0.39 is 6.10 Å². The molecule has 1 heterocycles. The molecule has 162 valence electrons. The van der Waals surface area contributed by atoms with Gasteiger partial charge in [-0.05, 0) is 61.9 Å². The third kappa shape index (κ3) is 8.52. The molecule has 2 aromatic carbocycles. The van der Waals surface area contributed by atoms with Gasteiger partial charge in [-0.15, -0.1) is 0 Å². The molecule has 1 aliphatic heterocycles. The maximum absolute atomic E-state index is 12.6. The Balaban J connectivity index is 0.000000226. The maximum Gasteiger partial charge on any atom is 0.251 e. The summed E-state index contributed by atoms with van der Waals surface area (Å²) in [6.07, 6.45) is 1.01. The smallest absolute Gasteiger partial charge is 0.251 e. The second-order valence-electron chi connectivity index (χ2n) is 7.39. The van der Waals surface area contributed by atoms with Crippen molar-refractivity contribution in [1.29, 1.82) is 5.26 Å². The second kappa shape index (κ2) is 13.0. The number of benzene rings is 2. The largest absolute Gasteiger partial charge is 0.384 e. The van der Waals surface area contributed by atoms with Crippen LogP contribution in [0, 0.1) is 30.0 Å². The highest BCUT2D eigenvalue weighted by atomic mass is 35.5. The Bertz CT molecular complexity index is 865. The molecule has 0 spiro atoms. The van der Waals surface area contributed by atoms with E-state index in [2.05, 4.69) is 6.92 Å². The van der Waals surface area contributed by atoms with E-state index in [0.717, 1.165) is 37.1 Å². The molecule has 1 fully saturated rings. The number of amides is 1. The highest BCUT2D eigenvalue weighted by molar-refractivity contribution is 6.31. The Labute approximate surface area is 183 Å². The summed E-state index contributed by atoms with van der Waals surface area (Å²) in [5, 5.41) is 18.0. The number of carbonyl (C=O) groups excluding carboxylic acids is 1. The number of halogens is 2. The number of likely N-dealkylation sites (tertiary alicyclic amines) is 1.